The van der Waals surface area contributed by atoms with E-state index in [0.717, 1.165) is 35.1 Å². The molecule has 2 aromatic rings. The summed E-state index contributed by atoms with van der Waals surface area (Å²) >= 11 is 0. The number of hydrogen-bond donors (Lipinski definition) is 1. The first-order valence-corrected chi connectivity index (χ1v) is 6.89. The fraction of sp³-hybridized carbons (Fsp3) is 0.167. The highest BCUT2D eigenvalue weighted by Crippen LogP contribution is 2.30. The molecule has 0 heterocycles. The Morgan fingerprint density at radius 3 is 2.71 bits per heavy atom. The first kappa shape index (κ1) is 13.4. The predicted molar refractivity (Wildman–Crippen MR) is 81.7 cm³/mol. The van der Waals surface area contributed by atoms with Gasteiger partial charge in [0.2, 0.25) is 0 Å². The number of ether oxygens (including phenoxy) is 1. The first-order chi connectivity index (χ1) is 10.2. The van der Waals surface area contributed by atoms with Crippen LogP contribution in [0.2, 0.25) is 0 Å². The van der Waals surface area contributed by atoms with Gasteiger partial charge in [0.15, 0.2) is 17.3 Å². The molecular formula is C18H16O3. The van der Waals surface area contributed by atoms with Gasteiger partial charge >= 0.3 is 0 Å². The number of hydrogen-bond acceptors (Lipinski definition) is 3. The van der Waals surface area contributed by atoms with Gasteiger partial charge in [-0.2, -0.15) is 0 Å². The van der Waals surface area contributed by atoms with E-state index in [0.29, 0.717) is 5.75 Å². The number of carbonyl (C=O) groups excluding carboxylic acids is 1. The molecule has 0 bridgehead atoms. The highest BCUT2D eigenvalue weighted by Gasteiger charge is 2.21. The number of Topliss-reactive ketones (excluding diaryl/α,β-unsaturated/α-hetero) is 1. The summed E-state index contributed by atoms with van der Waals surface area (Å²) in [4.78, 5) is 12.5. The lowest BCUT2D eigenvalue weighted by atomic mass is 9.86. The SMILES string of the molecule is COc1ccc(C=C2CCc3ccccc3C2=O)cc1O. The average Bonchev–Trinajstić information content (AvgIpc) is 2.51. The lowest BCUT2D eigenvalue weighted by Crippen LogP contribution is -2.13. The number of allylic oxidation sites excluding steroid dienone is 1. The largest absolute Gasteiger partial charge is 0.504 e. The molecule has 0 aromatic heterocycles. The lowest BCUT2D eigenvalue weighted by Gasteiger charge is -2.17. The van der Waals surface area contributed by atoms with Crippen LogP contribution in [-0.4, -0.2) is 18.0 Å². The number of methoxy groups -OCH3 is 1. The minimum atomic E-state index is 0.0761. The minimum Gasteiger partial charge on any atom is -0.504 e. The molecule has 0 saturated carbocycles. The zero-order chi connectivity index (χ0) is 14.8. The third-order valence-corrected chi connectivity index (χ3v) is 3.76. The molecular weight excluding hydrogens is 264 g/mol. The third kappa shape index (κ3) is 2.55. The number of fused-ring (bicyclic) bond motifs is 1. The third-order valence-electron chi connectivity index (χ3n) is 3.76. The van der Waals surface area contributed by atoms with Crippen molar-refractivity contribution in [1.82, 2.24) is 0 Å². The van der Waals surface area contributed by atoms with Gasteiger partial charge in [0.1, 0.15) is 0 Å². The Bertz CT molecular complexity index is 729. The van der Waals surface area contributed by atoms with E-state index in [1.807, 2.05) is 36.4 Å². The smallest absolute Gasteiger partial charge is 0.189 e. The predicted octanol–water partition coefficient (Wildman–Crippen LogP) is 3.61. The van der Waals surface area contributed by atoms with E-state index < -0.39 is 0 Å². The second-order valence-corrected chi connectivity index (χ2v) is 5.09. The van der Waals surface area contributed by atoms with Crippen molar-refractivity contribution in [2.24, 2.45) is 0 Å². The van der Waals surface area contributed by atoms with Gasteiger partial charge in [0.05, 0.1) is 7.11 Å². The van der Waals surface area contributed by atoms with Gasteiger partial charge < -0.3 is 9.84 Å². The van der Waals surface area contributed by atoms with Gasteiger partial charge in [-0.15, -0.1) is 0 Å². The molecule has 3 heteroatoms. The number of aromatic hydroxyl groups is 1. The highest BCUT2D eigenvalue weighted by atomic mass is 16.5. The molecule has 1 N–H and O–H groups in total. The quantitative estimate of drug-likeness (QED) is 0.855. The fourth-order valence-electron chi connectivity index (χ4n) is 2.65. The zero-order valence-corrected chi connectivity index (χ0v) is 11.8. The number of benzene rings is 2. The van der Waals surface area contributed by atoms with E-state index in [1.165, 1.54) is 7.11 Å². The maximum atomic E-state index is 12.5. The van der Waals surface area contributed by atoms with Crippen LogP contribution in [0.4, 0.5) is 0 Å². The Morgan fingerprint density at radius 1 is 1.14 bits per heavy atom. The topological polar surface area (TPSA) is 46.5 Å². The van der Waals surface area contributed by atoms with Crippen molar-refractivity contribution in [3.8, 4) is 11.5 Å². The summed E-state index contributed by atoms with van der Waals surface area (Å²) in [6, 6.07) is 12.9. The zero-order valence-electron chi connectivity index (χ0n) is 11.8. The van der Waals surface area contributed by atoms with Crippen molar-refractivity contribution in [3.63, 3.8) is 0 Å². The minimum absolute atomic E-state index is 0.0761. The van der Waals surface area contributed by atoms with Crippen LogP contribution in [0.3, 0.4) is 0 Å². The fourth-order valence-corrected chi connectivity index (χ4v) is 2.65. The Labute approximate surface area is 123 Å². The van der Waals surface area contributed by atoms with Crippen LogP contribution in [0, 0.1) is 0 Å². The van der Waals surface area contributed by atoms with E-state index >= 15 is 0 Å². The van der Waals surface area contributed by atoms with Crippen LogP contribution in [-0.2, 0) is 6.42 Å². The van der Waals surface area contributed by atoms with Crippen molar-refractivity contribution < 1.29 is 14.6 Å². The molecule has 0 aliphatic heterocycles. The summed E-state index contributed by atoms with van der Waals surface area (Å²) in [5, 5.41) is 9.81. The summed E-state index contributed by atoms with van der Waals surface area (Å²) in [5.74, 6) is 0.583. The molecule has 1 aliphatic carbocycles. The number of ketones is 1. The number of carbonyl (C=O) groups is 1. The monoisotopic (exact) mass is 280 g/mol. The maximum Gasteiger partial charge on any atom is 0.189 e. The molecule has 0 atom stereocenters. The van der Waals surface area contributed by atoms with Crippen LogP contribution in [0.1, 0.15) is 27.9 Å². The van der Waals surface area contributed by atoms with E-state index in [-0.39, 0.29) is 11.5 Å². The van der Waals surface area contributed by atoms with Crippen LogP contribution in [0.5, 0.6) is 11.5 Å². The Hall–Kier alpha value is -2.55. The molecule has 0 spiro atoms. The van der Waals surface area contributed by atoms with E-state index in [4.69, 9.17) is 4.74 Å². The molecule has 0 fully saturated rings. The first-order valence-electron chi connectivity index (χ1n) is 6.89. The molecule has 21 heavy (non-hydrogen) atoms. The van der Waals surface area contributed by atoms with Gasteiger partial charge in [0, 0.05) is 11.1 Å². The van der Waals surface area contributed by atoms with Crippen molar-refractivity contribution in [2.75, 3.05) is 7.11 Å². The van der Waals surface area contributed by atoms with Crippen molar-refractivity contribution >= 4 is 11.9 Å². The van der Waals surface area contributed by atoms with E-state index in [9.17, 15) is 9.90 Å². The van der Waals surface area contributed by atoms with Crippen molar-refractivity contribution in [2.45, 2.75) is 12.8 Å². The Morgan fingerprint density at radius 2 is 1.95 bits per heavy atom. The number of phenolic OH excluding ortho intramolecular Hbond substituents is 1. The van der Waals surface area contributed by atoms with Gasteiger partial charge in [0.25, 0.3) is 0 Å². The van der Waals surface area contributed by atoms with Gasteiger partial charge in [-0.3, -0.25) is 4.79 Å². The average molecular weight is 280 g/mol. The summed E-state index contributed by atoms with van der Waals surface area (Å²) in [6.07, 6.45) is 3.44. The summed E-state index contributed by atoms with van der Waals surface area (Å²) < 4.78 is 5.02. The standard InChI is InChI=1S/C18H16O3/c1-21-17-9-6-12(11-16(17)19)10-14-8-7-13-4-2-3-5-15(13)18(14)20/h2-6,9-11,19H,7-8H2,1H3. The van der Waals surface area contributed by atoms with Crippen LogP contribution < -0.4 is 4.74 Å². The second kappa shape index (κ2) is 5.44. The molecule has 106 valence electrons. The summed E-state index contributed by atoms with van der Waals surface area (Å²) in [7, 11) is 1.51. The van der Waals surface area contributed by atoms with Gasteiger partial charge in [-0.05, 0) is 42.2 Å². The molecule has 0 unspecified atom stereocenters. The maximum absolute atomic E-state index is 12.5. The summed E-state index contributed by atoms with van der Waals surface area (Å²) in [6.45, 7) is 0. The Balaban J connectivity index is 1.95. The van der Waals surface area contributed by atoms with Gasteiger partial charge in [-0.25, -0.2) is 0 Å². The van der Waals surface area contributed by atoms with Crippen LogP contribution in [0.25, 0.3) is 6.08 Å². The molecule has 0 amide bonds. The van der Waals surface area contributed by atoms with Gasteiger partial charge in [-0.1, -0.05) is 30.3 Å². The van der Waals surface area contributed by atoms with Crippen molar-refractivity contribution in [3.05, 3.63) is 64.7 Å². The summed E-state index contributed by atoms with van der Waals surface area (Å²) in [5.41, 5.74) is 3.47. The molecule has 2 aromatic carbocycles. The highest BCUT2D eigenvalue weighted by molar-refractivity contribution is 6.13. The lowest BCUT2D eigenvalue weighted by molar-refractivity contribution is 0.102. The number of rotatable bonds is 2. The molecule has 3 rings (SSSR count). The van der Waals surface area contributed by atoms with E-state index in [1.54, 1.807) is 12.1 Å². The molecule has 0 saturated heterocycles. The Kier molecular flexibility index (Phi) is 3.48. The molecule has 3 nitrogen and oxygen atoms in total. The van der Waals surface area contributed by atoms with Crippen LogP contribution in [0.15, 0.2) is 48.0 Å². The number of aryl methyl sites for hydroxylation is 1. The van der Waals surface area contributed by atoms with E-state index in [2.05, 4.69) is 0 Å². The number of phenols is 1. The second-order valence-electron chi connectivity index (χ2n) is 5.09. The molecule has 0 radical (unpaired) electrons. The molecule has 1 aliphatic rings. The van der Waals surface area contributed by atoms with Crippen molar-refractivity contribution in [1.29, 1.82) is 0 Å². The normalized spacial score (nSPS) is 15.9. The van der Waals surface area contributed by atoms with Crippen LogP contribution >= 0.6 is 0 Å².